The monoisotopic (exact) mass is 271 g/mol. The average molecular weight is 271 g/mol. The Morgan fingerprint density at radius 2 is 2.11 bits per heavy atom. The number of benzene rings is 1. The maximum atomic E-state index is 12.9. The van der Waals surface area contributed by atoms with E-state index in [1.807, 2.05) is 0 Å². The van der Waals surface area contributed by atoms with Crippen LogP contribution in [-0.2, 0) is 6.18 Å². The molecule has 0 spiro atoms. The van der Waals surface area contributed by atoms with Gasteiger partial charge in [0.25, 0.3) is 0 Å². The fourth-order valence-corrected chi connectivity index (χ4v) is 1.10. The van der Waals surface area contributed by atoms with E-state index >= 15 is 0 Å². The summed E-state index contributed by atoms with van der Waals surface area (Å²) in [6, 6.07) is 1.13. The van der Waals surface area contributed by atoms with Gasteiger partial charge < -0.3 is 14.8 Å². The molecule has 2 N–H and O–H groups in total. The predicted octanol–water partition coefficient (Wildman–Crippen LogP) is 1.56. The van der Waals surface area contributed by atoms with Crippen LogP contribution in [-0.4, -0.2) is 23.7 Å². The van der Waals surface area contributed by atoms with Crippen LogP contribution in [0.1, 0.15) is 37.5 Å². The summed E-state index contributed by atoms with van der Waals surface area (Å²) in [5.41, 5.74) is -2.23. The minimum atomic E-state index is -5.00. The van der Waals surface area contributed by atoms with Crippen LogP contribution in [0.3, 0.4) is 0 Å². The maximum absolute atomic E-state index is 12.9. The molecule has 0 heterocycles. The SMILES string of the molecule is [2H]C([2H])([2H])C([2H])([2H])C([2H])([2H])C([2H])([2H])Oc1cc(B(O)O)cc(C(F)(F)F)c1. The number of hydrogen-bond donors (Lipinski definition) is 2. The first-order chi connectivity index (χ1) is 11.7. The fraction of sp³-hybridized carbons (Fsp3) is 0.455. The zero-order valence-corrected chi connectivity index (χ0v) is 8.75. The van der Waals surface area contributed by atoms with Crippen molar-refractivity contribution in [2.75, 3.05) is 6.56 Å². The molecule has 1 aromatic carbocycles. The lowest BCUT2D eigenvalue weighted by Gasteiger charge is -2.12. The van der Waals surface area contributed by atoms with E-state index in [-0.39, 0.29) is 6.07 Å². The van der Waals surface area contributed by atoms with Crippen LogP contribution in [0.25, 0.3) is 0 Å². The lowest BCUT2D eigenvalue weighted by Crippen LogP contribution is -2.31. The Hall–Kier alpha value is -1.21. The van der Waals surface area contributed by atoms with E-state index in [1.165, 1.54) is 0 Å². The second-order valence-corrected chi connectivity index (χ2v) is 3.12. The first-order valence-corrected chi connectivity index (χ1v) is 4.51. The smallest absolute Gasteiger partial charge is 0.488 e. The molecule has 0 fully saturated rings. The fourth-order valence-electron chi connectivity index (χ4n) is 1.10. The van der Waals surface area contributed by atoms with Crippen LogP contribution in [0, 0.1) is 0 Å². The minimum Gasteiger partial charge on any atom is -0.494 e. The van der Waals surface area contributed by atoms with E-state index in [2.05, 4.69) is 4.74 Å². The molecule has 100 valence electrons. The van der Waals surface area contributed by atoms with Gasteiger partial charge in [-0.25, -0.2) is 0 Å². The predicted molar refractivity (Wildman–Crippen MR) is 61.7 cm³/mol. The van der Waals surface area contributed by atoms with Crippen molar-refractivity contribution in [3.63, 3.8) is 0 Å². The molecule has 1 rings (SSSR count). The van der Waals surface area contributed by atoms with Gasteiger partial charge in [-0.3, -0.25) is 0 Å². The summed E-state index contributed by atoms with van der Waals surface area (Å²) in [6.07, 6.45) is -12.6. The molecule has 7 heteroatoms. The van der Waals surface area contributed by atoms with Crippen LogP contribution in [0.5, 0.6) is 5.75 Å². The molecule has 0 saturated carbocycles. The van der Waals surface area contributed by atoms with Crippen molar-refractivity contribution >= 4 is 12.6 Å². The first kappa shape index (κ1) is 6.30. The van der Waals surface area contributed by atoms with Crippen molar-refractivity contribution in [2.45, 2.75) is 25.8 Å². The standard InChI is InChI=1S/C11H14BF3O3/c1-2-3-4-18-10-6-8(11(13,14)15)5-9(7-10)12(16)17/h5-7,16-17H,2-4H2,1H3/i1D3,2D2,3D2,4D2. The average Bonchev–Trinajstić information content (AvgIpc) is 2.43. The highest BCUT2D eigenvalue weighted by atomic mass is 19.4. The van der Waals surface area contributed by atoms with Gasteiger partial charge in [-0.2, -0.15) is 13.2 Å². The van der Waals surface area contributed by atoms with Crippen molar-refractivity contribution in [1.29, 1.82) is 0 Å². The molecule has 1 aromatic rings. The maximum Gasteiger partial charge on any atom is 0.488 e. The number of ether oxygens (including phenoxy) is 1. The third kappa shape index (κ3) is 4.23. The largest absolute Gasteiger partial charge is 0.494 e. The molecular formula is C11H14BF3O3. The lowest BCUT2D eigenvalue weighted by atomic mass is 9.79. The number of halogens is 3. The van der Waals surface area contributed by atoms with E-state index in [0.717, 1.165) is 0 Å². The molecule has 0 radical (unpaired) electrons. The van der Waals surface area contributed by atoms with Gasteiger partial charge in [0.05, 0.1) is 14.9 Å². The molecule has 0 amide bonds. The number of alkyl halides is 3. The van der Waals surface area contributed by atoms with Crippen LogP contribution < -0.4 is 10.2 Å². The molecule has 0 saturated heterocycles. The van der Waals surface area contributed by atoms with Crippen molar-refractivity contribution in [3.05, 3.63) is 23.8 Å². The van der Waals surface area contributed by atoms with Crippen LogP contribution in [0.4, 0.5) is 13.2 Å². The zero-order valence-electron chi connectivity index (χ0n) is 17.7. The van der Waals surface area contributed by atoms with Gasteiger partial charge in [-0.1, -0.05) is 13.2 Å². The molecule has 0 unspecified atom stereocenters. The molecule has 3 nitrogen and oxygen atoms in total. The molecular weight excluding hydrogens is 248 g/mol. The van der Waals surface area contributed by atoms with Crippen LogP contribution in [0.15, 0.2) is 18.2 Å². The summed E-state index contributed by atoms with van der Waals surface area (Å²) < 4.78 is 109. The Kier molecular flexibility index (Phi) is 2.14. The Morgan fingerprint density at radius 3 is 2.67 bits per heavy atom. The van der Waals surface area contributed by atoms with E-state index in [1.54, 1.807) is 0 Å². The van der Waals surface area contributed by atoms with Crippen molar-refractivity contribution in [1.82, 2.24) is 0 Å². The normalized spacial score (nSPS) is 21.9. The Balaban J connectivity index is 3.43. The van der Waals surface area contributed by atoms with E-state index in [4.69, 9.17) is 22.4 Å². The van der Waals surface area contributed by atoms with Crippen molar-refractivity contribution in [3.8, 4) is 5.75 Å². The van der Waals surface area contributed by atoms with Crippen LogP contribution in [0.2, 0.25) is 0 Å². The van der Waals surface area contributed by atoms with Crippen LogP contribution >= 0.6 is 0 Å². The summed E-state index contributed by atoms with van der Waals surface area (Å²) >= 11 is 0. The Morgan fingerprint density at radius 1 is 1.39 bits per heavy atom. The number of rotatable bonds is 5. The van der Waals surface area contributed by atoms with Gasteiger partial charge in [-0.15, -0.1) is 0 Å². The van der Waals surface area contributed by atoms with Gasteiger partial charge in [0, 0.05) is 9.60 Å². The Labute approximate surface area is 116 Å². The molecule has 18 heavy (non-hydrogen) atoms. The Bertz CT molecular complexity index is 692. The van der Waals surface area contributed by atoms with Gasteiger partial charge in [-0.05, 0) is 30.0 Å². The van der Waals surface area contributed by atoms with Crippen molar-refractivity contribution in [2.24, 2.45) is 0 Å². The van der Waals surface area contributed by atoms with Gasteiger partial charge in [0.1, 0.15) is 5.75 Å². The summed E-state index contributed by atoms with van der Waals surface area (Å²) in [4.78, 5) is 0. The molecule has 0 aromatic heterocycles. The highest BCUT2D eigenvalue weighted by Crippen LogP contribution is 2.30. The molecule has 0 aliphatic heterocycles. The molecule has 0 atom stereocenters. The molecule has 0 bridgehead atoms. The minimum absolute atomic E-state index is 0.227. The first-order valence-electron chi connectivity index (χ1n) is 9.01. The van der Waals surface area contributed by atoms with E-state index < -0.39 is 56.2 Å². The highest BCUT2D eigenvalue weighted by Gasteiger charge is 2.32. The second-order valence-electron chi connectivity index (χ2n) is 3.12. The summed E-state index contributed by atoms with van der Waals surface area (Å²) in [7, 11) is -2.40. The van der Waals surface area contributed by atoms with Gasteiger partial charge >= 0.3 is 13.3 Å². The topological polar surface area (TPSA) is 49.7 Å². The van der Waals surface area contributed by atoms with E-state index in [9.17, 15) is 13.2 Å². The van der Waals surface area contributed by atoms with Crippen molar-refractivity contribution < 1.29 is 40.3 Å². The number of hydrogen-bond acceptors (Lipinski definition) is 3. The second kappa shape index (κ2) is 6.11. The van der Waals surface area contributed by atoms with E-state index in [0.29, 0.717) is 12.1 Å². The molecule has 0 aliphatic rings. The third-order valence-corrected chi connectivity index (χ3v) is 1.84. The lowest BCUT2D eigenvalue weighted by molar-refractivity contribution is -0.137. The van der Waals surface area contributed by atoms with Gasteiger partial charge in [0.2, 0.25) is 0 Å². The highest BCUT2D eigenvalue weighted by molar-refractivity contribution is 6.58. The zero-order chi connectivity index (χ0) is 21.6. The molecule has 0 aliphatic carbocycles. The van der Waals surface area contributed by atoms with Gasteiger partial charge in [0.15, 0.2) is 0 Å². The summed E-state index contributed by atoms with van der Waals surface area (Å²) in [5, 5.41) is 18.1. The third-order valence-electron chi connectivity index (χ3n) is 1.84. The summed E-state index contributed by atoms with van der Waals surface area (Å²) in [5.74, 6) is -1.01. The quantitative estimate of drug-likeness (QED) is 0.799. The summed E-state index contributed by atoms with van der Waals surface area (Å²) in [6.45, 7) is -7.36.